The molecular weight excluding hydrogens is 247 g/mol. The predicted molar refractivity (Wildman–Crippen MR) is 59.4 cm³/mol. The largest absolute Gasteiger partial charge is 0.481 e. The summed E-state index contributed by atoms with van der Waals surface area (Å²) >= 11 is 0. The Morgan fingerprint density at radius 3 is 2.78 bits per heavy atom. The molecule has 1 aliphatic rings. The van der Waals surface area contributed by atoms with Crippen LogP contribution in [-0.2, 0) is 17.4 Å². The Morgan fingerprint density at radius 2 is 2.17 bits per heavy atom. The van der Waals surface area contributed by atoms with E-state index in [0.717, 1.165) is 12.1 Å². The fourth-order valence-electron chi connectivity index (χ4n) is 2.09. The van der Waals surface area contributed by atoms with Gasteiger partial charge in [0.05, 0.1) is 5.56 Å². The van der Waals surface area contributed by atoms with Gasteiger partial charge in [0.2, 0.25) is 0 Å². The molecule has 2 rings (SSSR count). The van der Waals surface area contributed by atoms with Crippen molar-refractivity contribution >= 4 is 11.7 Å². The van der Waals surface area contributed by atoms with Gasteiger partial charge in [-0.1, -0.05) is 0 Å². The number of benzene rings is 1. The van der Waals surface area contributed by atoms with E-state index in [2.05, 4.69) is 5.32 Å². The smallest absolute Gasteiger partial charge is 0.416 e. The fourth-order valence-corrected chi connectivity index (χ4v) is 2.09. The Labute approximate surface area is 102 Å². The number of rotatable bonds is 3. The highest BCUT2D eigenvalue weighted by molar-refractivity contribution is 5.67. The zero-order valence-corrected chi connectivity index (χ0v) is 9.42. The number of alkyl halides is 3. The summed E-state index contributed by atoms with van der Waals surface area (Å²) < 4.78 is 37.5. The molecule has 0 bridgehead atoms. The SMILES string of the molecule is O=C(O)CCC1Cc2cc(C(F)(F)F)ccc2N1. The molecule has 0 fully saturated rings. The second-order valence-corrected chi connectivity index (χ2v) is 4.35. The van der Waals surface area contributed by atoms with Gasteiger partial charge >= 0.3 is 12.1 Å². The van der Waals surface area contributed by atoms with Crippen LogP contribution < -0.4 is 5.32 Å². The highest BCUT2D eigenvalue weighted by atomic mass is 19.4. The standard InChI is InChI=1S/C12H12F3NO2/c13-12(14,15)8-1-3-10-7(5-8)6-9(16-10)2-4-11(17)18/h1,3,5,9,16H,2,4,6H2,(H,17,18). The van der Waals surface area contributed by atoms with E-state index in [1.54, 1.807) is 0 Å². The predicted octanol–water partition coefficient (Wildman–Crippen LogP) is 2.91. The number of carbonyl (C=O) groups is 1. The molecule has 1 aromatic carbocycles. The van der Waals surface area contributed by atoms with E-state index in [0.29, 0.717) is 24.1 Å². The zero-order valence-electron chi connectivity index (χ0n) is 9.42. The van der Waals surface area contributed by atoms with Crippen molar-refractivity contribution in [1.82, 2.24) is 0 Å². The Hall–Kier alpha value is -1.72. The highest BCUT2D eigenvalue weighted by Crippen LogP contribution is 2.35. The van der Waals surface area contributed by atoms with Crippen LogP contribution in [0.15, 0.2) is 18.2 Å². The lowest BCUT2D eigenvalue weighted by Gasteiger charge is -2.09. The van der Waals surface area contributed by atoms with E-state index < -0.39 is 17.7 Å². The first-order valence-corrected chi connectivity index (χ1v) is 5.54. The topological polar surface area (TPSA) is 49.3 Å². The third kappa shape index (κ3) is 2.75. The maximum Gasteiger partial charge on any atom is 0.416 e. The van der Waals surface area contributed by atoms with Crippen LogP contribution in [-0.4, -0.2) is 17.1 Å². The summed E-state index contributed by atoms with van der Waals surface area (Å²) in [5.74, 6) is -0.899. The van der Waals surface area contributed by atoms with E-state index in [-0.39, 0.29) is 12.5 Å². The van der Waals surface area contributed by atoms with Crippen LogP contribution in [0.2, 0.25) is 0 Å². The minimum Gasteiger partial charge on any atom is -0.481 e. The number of anilines is 1. The molecule has 0 aliphatic carbocycles. The number of fused-ring (bicyclic) bond motifs is 1. The number of carboxylic acid groups (broad SMARTS) is 1. The minimum absolute atomic E-state index is 0.0117. The molecule has 0 spiro atoms. The normalized spacial score (nSPS) is 18.3. The van der Waals surface area contributed by atoms with Gasteiger partial charge in [0.15, 0.2) is 0 Å². The van der Waals surface area contributed by atoms with Crippen molar-refractivity contribution in [2.75, 3.05) is 5.32 Å². The van der Waals surface area contributed by atoms with Crippen LogP contribution in [0.25, 0.3) is 0 Å². The molecule has 1 aromatic rings. The second-order valence-electron chi connectivity index (χ2n) is 4.35. The number of hydrogen-bond donors (Lipinski definition) is 2. The van der Waals surface area contributed by atoms with E-state index in [9.17, 15) is 18.0 Å². The van der Waals surface area contributed by atoms with Crippen LogP contribution >= 0.6 is 0 Å². The number of hydrogen-bond acceptors (Lipinski definition) is 2. The van der Waals surface area contributed by atoms with Gasteiger partial charge < -0.3 is 10.4 Å². The summed E-state index contributed by atoms with van der Waals surface area (Å²) in [6.07, 6.45) is -3.48. The molecule has 3 nitrogen and oxygen atoms in total. The van der Waals surface area contributed by atoms with E-state index >= 15 is 0 Å². The van der Waals surface area contributed by atoms with Gasteiger partial charge in [-0.15, -0.1) is 0 Å². The molecule has 0 saturated carbocycles. The van der Waals surface area contributed by atoms with Crippen molar-refractivity contribution in [2.24, 2.45) is 0 Å². The molecule has 0 radical (unpaired) electrons. The first-order valence-electron chi connectivity index (χ1n) is 5.54. The van der Waals surface area contributed by atoms with Gasteiger partial charge in [-0.3, -0.25) is 4.79 Å². The molecule has 6 heteroatoms. The van der Waals surface area contributed by atoms with Crippen LogP contribution in [0.1, 0.15) is 24.0 Å². The summed E-state index contributed by atoms with van der Waals surface area (Å²) in [7, 11) is 0. The van der Waals surface area contributed by atoms with E-state index in [4.69, 9.17) is 5.11 Å². The molecule has 2 N–H and O–H groups in total. The van der Waals surface area contributed by atoms with E-state index in [1.165, 1.54) is 6.07 Å². The highest BCUT2D eigenvalue weighted by Gasteiger charge is 2.32. The molecule has 1 atom stereocenters. The van der Waals surface area contributed by atoms with Gasteiger partial charge in [-0.25, -0.2) is 0 Å². The summed E-state index contributed by atoms with van der Waals surface area (Å²) in [4.78, 5) is 10.4. The third-order valence-corrected chi connectivity index (χ3v) is 2.97. The van der Waals surface area contributed by atoms with Crippen LogP contribution in [0.4, 0.5) is 18.9 Å². The number of halogens is 3. The average Bonchev–Trinajstić information content (AvgIpc) is 2.66. The summed E-state index contributed by atoms with van der Waals surface area (Å²) in [6.45, 7) is 0. The molecule has 0 saturated heterocycles. The Balaban J connectivity index is 2.08. The summed E-state index contributed by atoms with van der Waals surface area (Å²) in [6, 6.07) is 3.47. The maximum absolute atomic E-state index is 12.5. The van der Waals surface area contributed by atoms with Gasteiger partial charge in [-0.05, 0) is 36.6 Å². The number of carboxylic acids is 1. The molecular formula is C12H12F3NO2. The molecule has 1 unspecified atom stereocenters. The number of nitrogens with one attached hydrogen (secondary N) is 1. The van der Waals surface area contributed by atoms with E-state index in [1.807, 2.05) is 0 Å². The Kier molecular flexibility index (Phi) is 3.19. The van der Waals surface area contributed by atoms with Gasteiger partial charge in [0, 0.05) is 18.2 Å². The quantitative estimate of drug-likeness (QED) is 0.877. The van der Waals surface area contributed by atoms with Gasteiger partial charge in [-0.2, -0.15) is 13.2 Å². The van der Waals surface area contributed by atoms with Crippen LogP contribution in [0.3, 0.4) is 0 Å². The minimum atomic E-state index is -4.34. The average molecular weight is 259 g/mol. The van der Waals surface area contributed by atoms with Crippen molar-refractivity contribution in [2.45, 2.75) is 31.5 Å². The third-order valence-electron chi connectivity index (χ3n) is 2.97. The van der Waals surface area contributed by atoms with Crippen LogP contribution in [0, 0.1) is 0 Å². The fraction of sp³-hybridized carbons (Fsp3) is 0.417. The zero-order chi connectivity index (χ0) is 13.3. The molecule has 18 heavy (non-hydrogen) atoms. The first kappa shape index (κ1) is 12.7. The van der Waals surface area contributed by atoms with Crippen molar-refractivity contribution in [3.05, 3.63) is 29.3 Å². The molecule has 0 amide bonds. The second kappa shape index (κ2) is 4.51. The lowest BCUT2D eigenvalue weighted by Crippen LogP contribution is -2.16. The maximum atomic E-state index is 12.5. The van der Waals surface area contributed by atoms with Crippen molar-refractivity contribution < 1.29 is 23.1 Å². The summed E-state index contributed by atoms with van der Waals surface area (Å²) in [5, 5.41) is 11.6. The van der Waals surface area contributed by atoms with Crippen molar-refractivity contribution in [3.8, 4) is 0 Å². The lowest BCUT2D eigenvalue weighted by atomic mass is 10.0. The first-order chi connectivity index (χ1) is 8.36. The Bertz CT molecular complexity index is 471. The molecule has 0 aromatic heterocycles. The lowest BCUT2D eigenvalue weighted by molar-refractivity contribution is -0.138. The molecule has 1 aliphatic heterocycles. The summed E-state index contributed by atoms with van der Waals surface area (Å²) in [5.41, 5.74) is 0.598. The van der Waals surface area contributed by atoms with Crippen molar-refractivity contribution in [1.29, 1.82) is 0 Å². The molecule has 1 heterocycles. The monoisotopic (exact) mass is 259 g/mol. The Morgan fingerprint density at radius 1 is 1.44 bits per heavy atom. The van der Waals surface area contributed by atoms with Crippen LogP contribution in [0.5, 0.6) is 0 Å². The van der Waals surface area contributed by atoms with Crippen molar-refractivity contribution in [3.63, 3.8) is 0 Å². The number of aliphatic carboxylic acids is 1. The molecule has 98 valence electrons. The van der Waals surface area contributed by atoms with Gasteiger partial charge in [0.1, 0.15) is 0 Å². The van der Waals surface area contributed by atoms with Gasteiger partial charge in [0.25, 0.3) is 0 Å².